The highest BCUT2D eigenvalue weighted by Gasteiger charge is 2.28. The number of sulfonamides is 1. The molecule has 7 nitrogen and oxygen atoms in total. The molecule has 1 aromatic rings. The minimum Gasteiger partial charge on any atom is -0.326 e. The van der Waals surface area contributed by atoms with Crippen molar-refractivity contribution in [2.45, 2.75) is 43.5 Å². The van der Waals surface area contributed by atoms with Crippen LogP contribution in [0.15, 0.2) is 23.1 Å². The SMILES string of the molecule is CCCCC(=O)Nc1ccc(Cl)c(S(=O)(=O)N[C@@H]2CCN(C#N)C2)c1. The first-order valence-corrected chi connectivity index (χ1v) is 9.98. The van der Waals surface area contributed by atoms with Gasteiger partial charge in [0, 0.05) is 31.2 Å². The molecule has 0 radical (unpaired) electrons. The summed E-state index contributed by atoms with van der Waals surface area (Å²) in [5.41, 5.74) is 0.385. The zero-order valence-electron chi connectivity index (χ0n) is 14.0. The van der Waals surface area contributed by atoms with Crippen LogP contribution in [-0.4, -0.2) is 38.4 Å². The number of carbonyl (C=O) groups excluding carboxylic acids is 1. The Balaban J connectivity index is 2.13. The molecular weight excluding hydrogens is 364 g/mol. The molecule has 1 aromatic carbocycles. The van der Waals surface area contributed by atoms with Crippen molar-refractivity contribution >= 4 is 33.2 Å². The molecule has 0 bridgehead atoms. The van der Waals surface area contributed by atoms with Gasteiger partial charge in [-0.3, -0.25) is 4.79 Å². The number of unbranched alkanes of at least 4 members (excludes halogenated alkanes) is 1. The molecule has 1 saturated heterocycles. The van der Waals surface area contributed by atoms with Gasteiger partial charge in [-0.2, -0.15) is 5.26 Å². The van der Waals surface area contributed by atoms with Gasteiger partial charge >= 0.3 is 0 Å². The van der Waals surface area contributed by atoms with Crippen molar-refractivity contribution in [2.75, 3.05) is 18.4 Å². The third-order valence-electron chi connectivity index (χ3n) is 3.91. The van der Waals surface area contributed by atoms with Gasteiger partial charge in [0.05, 0.1) is 5.02 Å². The van der Waals surface area contributed by atoms with Crippen LogP contribution in [0, 0.1) is 11.5 Å². The normalized spacial score (nSPS) is 17.3. The molecule has 1 heterocycles. The van der Waals surface area contributed by atoms with Gasteiger partial charge in [-0.15, -0.1) is 0 Å². The Morgan fingerprint density at radius 1 is 1.48 bits per heavy atom. The molecule has 2 N–H and O–H groups in total. The molecule has 1 atom stereocenters. The van der Waals surface area contributed by atoms with Crippen molar-refractivity contribution in [1.82, 2.24) is 9.62 Å². The minimum absolute atomic E-state index is 0.0780. The van der Waals surface area contributed by atoms with E-state index in [4.69, 9.17) is 16.9 Å². The predicted molar refractivity (Wildman–Crippen MR) is 95.5 cm³/mol. The smallest absolute Gasteiger partial charge is 0.242 e. The maximum absolute atomic E-state index is 12.6. The van der Waals surface area contributed by atoms with E-state index in [-0.39, 0.29) is 21.9 Å². The maximum Gasteiger partial charge on any atom is 0.242 e. The topological polar surface area (TPSA) is 102 Å². The molecule has 2 rings (SSSR count). The molecule has 1 aliphatic heterocycles. The molecule has 25 heavy (non-hydrogen) atoms. The van der Waals surface area contributed by atoms with E-state index < -0.39 is 10.0 Å². The quantitative estimate of drug-likeness (QED) is 0.702. The van der Waals surface area contributed by atoms with Gasteiger partial charge in [-0.05, 0) is 31.0 Å². The molecule has 0 aliphatic carbocycles. The van der Waals surface area contributed by atoms with Crippen molar-refractivity contribution in [1.29, 1.82) is 5.26 Å². The summed E-state index contributed by atoms with van der Waals surface area (Å²) < 4.78 is 27.8. The minimum atomic E-state index is -3.85. The van der Waals surface area contributed by atoms with Crippen LogP contribution in [0.25, 0.3) is 0 Å². The molecule has 136 valence electrons. The Kier molecular flexibility index (Phi) is 6.64. The Labute approximate surface area is 153 Å². The number of amides is 1. The van der Waals surface area contributed by atoms with Crippen LogP contribution < -0.4 is 10.0 Å². The van der Waals surface area contributed by atoms with E-state index in [2.05, 4.69) is 10.0 Å². The largest absolute Gasteiger partial charge is 0.326 e. The van der Waals surface area contributed by atoms with E-state index in [9.17, 15) is 13.2 Å². The van der Waals surface area contributed by atoms with E-state index in [0.29, 0.717) is 31.6 Å². The van der Waals surface area contributed by atoms with Gasteiger partial charge in [0.1, 0.15) is 4.90 Å². The summed E-state index contributed by atoms with van der Waals surface area (Å²) in [5, 5.41) is 11.6. The van der Waals surface area contributed by atoms with Gasteiger partial charge in [0.2, 0.25) is 15.9 Å². The second-order valence-electron chi connectivity index (χ2n) is 5.95. The average molecular weight is 385 g/mol. The molecule has 9 heteroatoms. The van der Waals surface area contributed by atoms with Crippen LogP contribution in [0.4, 0.5) is 5.69 Å². The fourth-order valence-electron chi connectivity index (χ4n) is 2.58. The molecule has 0 aromatic heterocycles. The number of rotatable bonds is 7. The molecule has 0 saturated carbocycles. The lowest BCUT2D eigenvalue weighted by Crippen LogP contribution is -2.36. The van der Waals surface area contributed by atoms with Crippen LogP contribution in [0.5, 0.6) is 0 Å². The number of benzene rings is 1. The zero-order valence-corrected chi connectivity index (χ0v) is 15.5. The first-order chi connectivity index (χ1) is 11.9. The monoisotopic (exact) mass is 384 g/mol. The fourth-order valence-corrected chi connectivity index (χ4v) is 4.37. The fraction of sp³-hybridized carbons (Fsp3) is 0.500. The Morgan fingerprint density at radius 2 is 2.24 bits per heavy atom. The lowest BCUT2D eigenvalue weighted by atomic mass is 10.2. The van der Waals surface area contributed by atoms with Gasteiger partial charge < -0.3 is 10.2 Å². The molecule has 1 aliphatic rings. The number of nitriles is 1. The van der Waals surface area contributed by atoms with Crippen molar-refractivity contribution in [3.05, 3.63) is 23.2 Å². The van der Waals surface area contributed by atoms with Gasteiger partial charge in [0.15, 0.2) is 6.19 Å². The third-order valence-corrected chi connectivity index (χ3v) is 5.92. The van der Waals surface area contributed by atoms with Crippen molar-refractivity contribution in [2.24, 2.45) is 0 Å². The van der Waals surface area contributed by atoms with Gasteiger partial charge in [-0.25, -0.2) is 13.1 Å². The standard InChI is InChI=1S/C16H21ClN4O3S/c1-2-3-4-16(22)19-12-5-6-14(17)15(9-12)25(23,24)20-13-7-8-21(10-13)11-18/h5-6,9,13,20H,2-4,7-8,10H2,1H3,(H,19,22)/t13-/m1/s1. The van der Waals surface area contributed by atoms with E-state index in [0.717, 1.165) is 12.8 Å². The van der Waals surface area contributed by atoms with Crippen LogP contribution in [-0.2, 0) is 14.8 Å². The second kappa shape index (κ2) is 8.52. The number of hydrogen-bond donors (Lipinski definition) is 2. The number of anilines is 1. The molecule has 1 amide bonds. The van der Waals surface area contributed by atoms with Gasteiger partial charge in [0.25, 0.3) is 0 Å². The number of nitrogens with one attached hydrogen (secondary N) is 2. The summed E-state index contributed by atoms with van der Waals surface area (Å²) in [6, 6.07) is 4.02. The highest BCUT2D eigenvalue weighted by atomic mass is 35.5. The Bertz CT molecular complexity index is 776. The molecular formula is C16H21ClN4O3S. The number of halogens is 1. The van der Waals surface area contributed by atoms with Crippen LogP contribution >= 0.6 is 11.6 Å². The summed E-state index contributed by atoms with van der Waals surface area (Å²) in [6.45, 7) is 2.84. The van der Waals surface area contributed by atoms with E-state index >= 15 is 0 Å². The summed E-state index contributed by atoms with van der Waals surface area (Å²) in [5.74, 6) is -0.166. The zero-order chi connectivity index (χ0) is 18.4. The van der Waals surface area contributed by atoms with Crippen LogP contribution in [0.3, 0.4) is 0 Å². The summed E-state index contributed by atoms with van der Waals surface area (Å²) in [4.78, 5) is 13.2. The third kappa shape index (κ3) is 5.33. The average Bonchev–Trinajstić information content (AvgIpc) is 3.01. The van der Waals surface area contributed by atoms with Gasteiger partial charge in [-0.1, -0.05) is 24.9 Å². The van der Waals surface area contributed by atoms with Crippen LogP contribution in [0.2, 0.25) is 5.02 Å². The predicted octanol–water partition coefficient (Wildman–Crippen LogP) is 2.30. The number of nitrogens with zero attached hydrogens (tertiary/aromatic N) is 2. The molecule has 1 fully saturated rings. The van der Waals surface area contributed by atoms with Crippen molar-refractivity contribution in [3.63, 3.8) is 0 Å². The summed E-state index contributed by atoms with van der Waals surface area (Å²) >= 11 is 6.05. The van der Waals surface area contributed by atoms with Crippen molar-refractivity contribution < 1.29 is 13.2 Å². The number of likely N-dealkylation sites (tertiary alicyclic amines) is 1. The van der Waals surface area contributed by atoms with E-state index in [1.54, 1.807) is 6.07 Å². The number of hydrogen-bond acceptors (Lipinski definition) is 5. The lowest BCUT2D eigenvalue weighted by molar-refractivity contribution is -0.116. The molecule has 0 unspecified atom stereocenters. The first kappa shape index (κ1) is 19.5. The Morgan fingerprint density at radius 3 is 2.88 bits per heavy atom. The summed E-state index contributed by atoms with van der Waals surface area (Å²) in [6.07, 6.45) is 4.61. The van der Waals surface area contributed by atoms with E-state index in [1.807, 2.05) is 13.1 Å². The summed E-state index contributed by atoms with van der Waals surface area (Å²) in [7, 11) is -3.85. The highest BCUT2D eigenvalue weighted by Crippen LogP contribution is 2.26. The highest BCUT2D eigenvalue weighted by molar-refractivity contribution is 7.89. The first-order valence-electron chi connectivity index (χ1n) is 8.12. The number of carbonyl (C=O) groups is 1. The maximum atomic E-state index is 12.6. The van der Waals surface area contributed by atoms with E-state index in [1.165, 1.54) is 17.0 Å². The Hall–Kier alpha value is -1.82. The van der Waals surface area contributed by atoms with Crippen LogP contribution in [0.1, 0.15) is 32.6 Å². The second-order valence-corrected chi connectivity index (χ2v) is 8.04. The molecule has 0 spiro atoms. The van der Waals surface area contributed by atoms with Crippen molar-refractivity contribution in [3.8, 4) is 6.19 Å². The lowest BCUT2D eigenvalue weighted by Gasteiger charge is -2.15.